The normalized spacial score (nSPS) is 15.7. The largest absolute Gasteiger partial charge is 0.489 e. The second kappa shape index (κ2) is 13.5. The van der Waals surface area contributed by atoms with Crippen LogP contribution in [-0.2, 0) is 0 Å². The molecule has 10 heteroatoms. The molecule has 1 aliphatic heterocycles. The fourth-order valence-corrected chi connectivity index (χ4v) is 3.33. The van der Waals surface area contributed by atoms with Crippen LogP contribution in [-0.4, -0.2) is 79.8 Å². The molecule has 2 heterocycles. The van der Waals surface area contributed by atoms with E-state index in [0.29, 0.717) is 11.6 Å². The molecule has 0 aliphatic carbocycles. The number of guanidine groups is 1. The smallest absolute Gasteiger partial charge is 0.225 e. The first-order valence-electron chi connectivity index (χ1n) is 10.2. The Morgan fingerprint density at radius 2 is 1.81 bits per heavy atom. The molecule has 170 valence electrons. The van der Waals surface area contributed by atoms with Gasteiger partial charge in [0, 0.05) is 63.7 Å². The first-order valence-corrected chi connectivity index (χ1v) is 10.6. The van der Waals surface area contributed by atoms with Crippen molar-refractivity contribution in [3.63, 3.8) is 0 Å². The third-order valence-corrected chi connectivity index (χ3v) is 5.11. The van der Waals surface area contributed by atoms with Crippen molar-refractivity contribution in [2.45, 2.75) is 13.0 Å². The van der Waals surface area contributed by atoms with Gasteiger partial charge >= 0.3 is 0 Å². The van der Waals surface area contributed by atoms with Crippen molar-refractivity contribution in [2.75, 3.05) is 57.8 Å². The van der Waals surface area contributed by atoms with Gasteiger partial charge in [-0.15, -0.1) is 24.0 Å². The standard InChI is InChI=1S/C21H30ClN7O.HI/c1-17(30-19-6-4-18(22)5-7-19)16-27-20(23-2)24-10-11-28-12-14-29(15-13-28)21-25-8-3-9-26-21;/h3-9,17H,10-16H2,1-2H3,(H2,23,24,27);1H. The summed E-state index contributed by atoms with van der Waals surface area (Å²) in [5.74, 6) is 2.39. The van der Waals surface area contributed by atoms with Crippen molar-refractivity contribution in [1.29, 1.82) is 0 Å². The van der Waals surface area contributed by atoms with Crippen molar-refractivity contribution < 1.29 is 4.74 Å². The van der Waals surface area contributed by atoms with Crippen molar-refractivity contribution >= 4 is 47.5 Å². The Hall–Kier alpha value is -1.85. The zero-order chi connectivity index (χ0) is 21.2. The van der Waals surface area contributed by atoms with Gasteiger partial charge in [-0.05, 0) is 37.3 Å². The average molecular weight is 560 g/mol. The Bertz CT molecular complexity index is 786. The Kier molecular flexibility index (Phi) is 11.1. The lowest BCUT2D eigenvalue weighted by molar-refractivity contribution is 0.223. The van der Waals surface area contributed by atoms with Crippen LogP contribution in [0.3, 0.4) is 0 Å². The molecule has 1 aromatic carbocycles. The highest BCUT2D eigenvalue weighted by atomic mass is 127. The van der Waals surface area contributed by atoms with Crippen LogP contribution < -0.4 is 20.3 Å². The number of anilines is 1. The molecule has 2 N–H and O–H groups in total. The molecule has 0 amide bonds. The van der Waals surface area contributed by atoms with E-state index < -0.39 is 0 Å². The summed E-state index contributed by atoms with van der Waals surface area (Å²) in [6, 6.07) is 9.23. The number of aliphatic imine (C=N–C) groups is 1. The van der Waals surface area contributed by atoms with Gasteiger partial charge in [-0.2, -0.15) is 0 Å². The van der Waals surface area contributed by atoms with Gasteiger partial charge in [-0.1, -0.05) is 11.6 Å². The Morgan fingerprint density at radius 3 is 2.45 bits per heavy atom. The van der Waals surface area contributed by atoms with Gasteiger partial charge in [0.25, 0.3) is 0 Å². The van der Waals surface area contributed by atoms with Crippen LogP contribution in [0.25, 0.3) is 0 Å². The van der Waals surface area contributed by atoms with Gasteiger partial charge in [0.1, 0.15) is 11.9 Å². The third kappa shape index (κ3) is 8.66. The number of piperazine rings is 1. The number of aromatic nitrogens is 2. The molecule has 2 aromatic rings. The number of nitrogens with zero attached hydrogens (tertiary/aromatic N) is 5. The molecule has 0 saturated carbocycles. The van der Waals surface area contributed by atoms with E-state index in [9.17, 15) is 0 Å². The summed E-state index contributed by atoms with van der Waals surface area (Å²) in [5, 5.41) is 7.39. The molecule has 1 atom stereocenters. The number of rotatable bonds is 8. The first-order chi connectivity index (χ1) is 14.6. The van der Waals surface area contributed by atoms with Crippen LogP contribution >= 0.6 is 35.6 Å². The van der Waals surface area contributed by atoms with Crippen LogP contribution in [0.5, 0.6) is 5.75 Å². The lowest BCUT2D eigenvalue weighted by atomic mass is 10.3. The lowest BCUT2D eigenvalue weighted by Crippen LogP contribution is -2.50. The number of hydrogen-bond acceptors (Lipinski definition) is 6. The Morgan fingerprint density at radius 1 is 1.13 bits per heavy atom. The Labute approximate surface area is 206 Å². The summed E-state index contributed by atoms with van der Waals surface area (Å²) in [7, 11) is 1.78. The van der Waals surface area contributed by atoms with Crippen molar-refractivity contribution in [3.05, 3.63) is 47.7 Å². The van der Waals surface area contributed by atoms with E-state index in [1.807, 2.05) is 37.3 Å². The Balaban J connectivity index is 0.00000341. The summed E-state index contributed by atoms with van der Waals surface area (Å²) < 4.78 is 5.88. The maximum atomic E-state index is 5.91. The molecule has 1 aromatic heterocycles. The topological polar surface area (TPSA) is 77.9 Å². The number of ether oxygens (including phenoxy) is 1. The summed E-state index contributed by atoms with van der Waals surface area (Å²) >= 11 is 5.91. The number of halogens is 2. The molecule has 8 nitrogen and oxygen atoms in total. The van der Waals surface area contributed by atoms with E-state index in [2.05, 4.69) is 35.4 Å². The molecular formula is C21H31ClIN7O. The summed E-state index contributed by atoms with van der Waals surface area (Å²) in [5.41, 5.74) is 0. The SMILES string of the molecule is CN=C(NCCN1CCN(c2ncccn2)CC1)NCC(C)Oc1ccc(Cl)cc1.I. The van der Waals surface area contributed by atoms with Gasteiger partial charge < -0.3 is 20.3 Å². The second-order valence-corrected chi connectivity index (χ2v) is 7.58. The second-order valence-electron chi connectivity index (χ2n) is 7.14. The highest BCUT2D eigenvalue weighted by molar-refractivity contribution is 14.0. The first kappa shape index (κ1) is 25.4. The maximum Gasteiger partial charge on any atom is 0.225 e. The predicted molar refractivity (Wildman–Crippen MR) is 137 cm³/mol. The van der Waals surface area contributed by atoms with Gasteiger partial charge in [0.05, 0.1) is 6.54 Å². The van der Waals surface area contributed by atoms with Crippen LogP contribution in [0.2, 0.25) is 5.02 Å². The van der Waals surface area contributed by atoms with Crippen molar-refractivity contribution in [1.82, 2.24) is 25.5 Å². The van der Waals surface area contributed by atoms with E-state index in [1.165, 1.54) is 0 Å². The molecule has 1 fully saturated rings. The minimum Gasteiger partial charge on any atom is -0.489 e. The lowest BCUT2D eigenvalue weighted by Gasteiger charge is -2.34. The molecule has 1 saturated heterocycles. The fraction of sp³-hybridized carbons (Fsp3) is 0.476. The van der Waals surface area contributed by atoms with Gasteiger partial charge in [0.2, 0.25) is 5.95 Å². The van der Waals surface area contributed by atoms with Gasteiger partial charge in [-0.3, -0.25) is 9.89 Å². The van der Waals surface area contributed by atoms with Crippen molar-refractivity contribution in [2.24, 2.45) is 4.99 Å². The van der Waals surface area contributed by atoms with Gasteiger partial charge in [-0.25, -0.2) is 9.97 Å². The van der Waals surface area contributed by atoms with E-state index >= 15 is 0 Å². The minimum absolute atomic E-state index is 0. The van der Waals surface area contributed by atoms with Crippen molar-refractivity contribution in [3.8, 4) is 5.75 Å². The molecule has 1 unspecified atom stereocenters. The summed E-state index contributed by atoms with van der Waals surface area (Å²) in [6.45, 7) is 8.33. The van der Waals surface area contributed by atoms with Crippen LogP contribution in [0.15, 0.2) is 47.7 Å². The highest BCUT2D eigenvalue weighted by Crippen LogP contribution is 2.16. The number of nitrogens with one attached hydrogen (secondary N) is 2. The summed E-state index contributed by atoms with van der Waals surface area (Å²) in [4.78, 5) is 17.6. The third-order valence-electron chi connectivity index (χ3n) is 4.86. The quantitative estimate of drug-likeness (QED) is 0.292. The predicted octanol–water partition coefficient (Wildman–Crippen LogP) is 2.50. The van der Waals surface area contributed by atoms with E-state index in [0.717, 1.165) is 56.9 Å². The number of hydrogen-bond donors (Lipinski definition) is 2. The number of benzene rings is 1. The molecule has 0 bridgehead atoms. The van der Waals surface area contributed by atoms with Crippen LogP contribution in [0, 0.1) is 0 Å². The van der Waals surface area contributed by atoms with Gasteiger partial charge in [0.15, 0.2) is 5.96 Å². The van der Waals surface area contributed by atoms with E-state index in [-0.39, 0.29) is 30.1 Å². The molecule has 31 heavy (non-hydrogen) atoms. The fourth-order valence-electron chi connectivity index (χ4n) is 3.21. The highest BCUT2D eigenvalue weighted by Gasteiger charge is 2.18. The molecule has 0 radical (unpaired) electrons. The zero-order valence-corrected chi connectivity index (χ0v) is 21.1. The van der Waals surface area contributed by atoms with E-state index in [4.69, 9.17) is 16.3 Å². The van der Waals surface area contributed by atoms with Crippen LogP contribution in [0.1, 0.15) is 6.92 Å². The monoisotopic (exact) mass is 559 g/mol. The van der Waals surface area contributed by atoms with E-state index in [1.54, 1.807) is 19.4 Å². The molecule has 3 rings (SSSR count). The molecular weight excluding hydrogens is 529 g/mol. The summed E-state index contributed by atoms with van der Waals surface area (Å²) in [6.07, 6.45) is 3.58. The molecule has 1 aliphatic rings. The maximum absolute atomic E-state index is 5.91. The van der Waals surface area contributed by atoms with Crippen LogP contribution in [0.4, 0.5) is 5.95 Å². The molecule has 0 spiro atoms. The average Bonchev–Trinajstić information content (AvgIpc) is 2.78. The minimum atomic E-state index is -0.00184. The zero-order valence-electron chi connectivity index (χ0n) is 18.0.